The monoisotopic (exact) mass is 221 g/mol. The van der Waals surface area contributed by atoms with Crippen LogP contribution in [0.3, 0.4) is 0 Å². The van der Waals surface area contributed by atoms with Crippen LogP contribution >= 0.6 is 0 Å². The molecule has 1 N–H and O–H groups in total. The summed E-state index contributed by atoms with van der Waals surface area (Å²) in [5.41, 5.74) is -1.02. The number of nitriles is 1. The minimum absolute atomic E-state index is 0.0338. The Morgan fingerprint density at radius 1 is 1.44 bits per heavy atom. The van der Waals surface area contributed by atoms with Gasteiger partial charge in [0.15, 0.2) is 0 Å². The lowest BCUT2D eigenvalue weighted by molar-refractivity contribution is 0.346. The van der Waals surface area contributed by atoms with E-state index < -0.39 is 11.2 Å². The van der Waals surface area contributed by atoms with Crippen LogP contribution in [-0.4, -0.2) is 9.55 Å². The van der Waals surface area contributed by atoms with Gasteiger partial charge < -0.3 is 0 Å². The van der Waals surface area contributed by atoms with Crippen molar-refractivity contribution in [2.75, 3.05) is 0 Å². The molecule has 86 valence electrons. The van der Waals surface area contributed by atoms with Gasteiger partial charge in [-0.3, -0.25) is 14.3 Å². The maximum atomic E-state index is 11.4. The summed E-state index contributed by atoms with van der Waals surface area (Å²) in [6.07, 6.45) is 2.11. The molecular weight excluding hydrogens is 206 g/mol. The fraction of sp³-hybridized carbons (Fsp3) is 0.545. The van der Waals surface area contributed by atoms with Gasteiger partial charge in [0, 0.05) is 12.7 Å². The summed E-state index contributed by atoms with van der Waals surface area (Å²) < 4.78 is 1.37. The number of rotatable bonds is 2. The third kappa shape index (κ3) is 3.09. The summed E-state index contributed by atoms with van der Waals surface area (Å²) in [4.78, 5) is 24.7. The molecule has 1 rings (SSSR count). The lowest BCUT2D eigenvalue weighted by Gasteiger charge is -2.18. The molecule has 0 spiro atoms. The Morgan fingerprint density at radius 3 is 2.56 bits per heavy atom. The zero-order valence-electron chi connectivity index (χ0n) is 9.70. The molecule has 0 saturated carbocycles. The maximum absolute atomic E-state index is 11.4. The molecule has 0 bridgehead atoms. The molecule has 5 heteroatoms. The van der Waals surface area contributed by atoms with Crippen LogP contribution in [0.2, 0.25) is 0 Å². The van der Waals surface area contributed by atoms with Gasteiger partial charge in [0.2, 0.25) is 0 Å². The maximum Gasteiger partial charge on any atom is 0.328 e. The quantitative estimate of drug-likeness (QED) is 0.803. The highest BCUT2D eigenvalue weighted by molar-refractivity contribution is 5.21. The third-order valence-corrected chi connectivity index (χ3v) is 2.23. The minimum atomic E-state index is -0.625. The second-order valence-corrected chi connectivity index (χ2v) is 4.92. The summed E-state index contributed by atoms with van der Waals surface area (Å²) in [6, 6.07) is 1.76. The van der Waals surface area contributed by atoms with Crippen molar-refractivity contribution in [2.45, 2.75) is 33.7 Å². The van der Waals surface area contributed by atoms with Crippen LogP contribution in [0.1, 0.15) is 32.8 Å². The normalized spacial score (nSPS) is 11.1. The number of nitrogens with zero attached hydrogens (tertiary/aromatic N) is 2. The molecule has 0 saturated heterocycles. The molecule has 0 fully saturated rings. The molecule has 0 amide bonds. The van der Waals surface area contributed by atoms with E-state index in [1.165, 1.54) is 10.8 Å². The van der Waals surface area contributed by atoms with E-state index in [0.29, 0.717) is 6.54 Å². The zero-order chi connectivity index (χ0) is 12.3. The van der Waals surface area contributed by atoms with Gasteiger partial charge in [-0.05, 0) is 11.8 Å². The predicted molar refractivity (Wildman–Crippen MR) is 60.1 cm³/mol. The molecule has 0 unspecified atom stereocenters. The third-order valence-electron chi connectivity index (χ3n) is 2.23. The average molecular weight is 221 g/mol. The van der Waals surface area contributed by atoms with Crippen LogP contribution in [-0.2, 0) is 6.54 Å². The summed E-state index contributed by atoms with van der Waals surface area (Å²) in [5.74, 6) is 0. The van der Waals surface area contributed by atoms with Crippen molar-refractivity contribution in [3.05, 3.63) is 32.6 Å². The van der Waals surface area contributed by atoms with Gasteiger partial charge in [0.05, 0.1) is 0 Å². The molecule has 1 aromatic rings. The Labute approximate surface area is 93.4 Å². The van der Waals surface area contributed by atoms with E-state index >= 15 is 0 Å². The van der Waals surface area contributed by atoms with Gasteiger partial charge in [-0.25, -0.2) is 4.79 Å². The molecule has 0 aliphatic rings. The first kappa shape index (κ1) is 12.2. The fourth-order valence-electron chi connectivity index (χ4n) is 1.21. The fourth-order valence-corrected chi connectivity index (χ4v) is 1.21. The molecule has 0 radical (unpaired) electrons. The largest absolute Gasteiger partial charge is 0.328 e. The number of H-pyrrole nitrogens is 1. The SMILES string of the molecule is CC(C)(C)CCn1cc(C#N)c(=O)[nH]c1=O. The summed E-state index contributed by atoms with van der Waals surface area (Å²) >= 11 is 0. The molecule has 5 nitrogen and oxygen atoms in total. The number of aryl methyl sites for hydroxylation is 1. The van der Waals surface area contributed by atoms with Crippen molar-refractivity contribution in [3.63, 3.8) is 0 Å². The van der Waals surface area contributed by atoms with Crippen LogP contribution < -0.4 is 11.2 Å². The van der Waals surface area contributed by atoms with E-state index in [1.54, 1.807) is 6.07 Å². The molecule has 0 aromatic carbocycles. The lowest BCUT2D eigenvalue weighted by Crippen LogP contribution is -2.31. The van der Waals surface area contributed by atoms with Crippen molar-refractivity contribution in [3.8, 4) is 6.07 Å². The average Bonchev–Trinajstić information content (AvgIpc) is 2.15. The number of hydrogen-bond acceptors (Lipinski definition) is 3. The van der Waals surface area contributed by atoms with Crippen molar-refractivity contribution in [1.82, 2.24) is 9.55 Å². The number of aromatic nitrogens is 2. The van der Waals surface area contributed by atoms with Crippen molar-refractivity contribution in [1.29, 1.82) is 5.26 Å². The minimum Gasteiger partial charge on any atom is -0.299 e. The van der Waals surface area contributed by atoms with Crippen LogP contribution in [0, 0.1) is 16.7 Å². The number of nitrogens with one attached hydrogen (secondary N) is 1. The van der Waals surface area contributed by atoms with Gasteiger partial charge in [0.1, 0.15) is 11.6 Å². The molecular formula is C11H15N3O2. The van der Waals surface area contributed by atoms with Crippen LogP contribution in [0.15, 0.2) is 15.8 Å². The van der Waals surface area contributed by atoms with Gasteiger partial charge in [0.25, 0.3) is 5.56 Å². The van der Waals surface area contributed by atoms with E-state index in [2.05, 4.69) is 25.8 Å². The van der Waals surface area contributed by atoms with E-state index in [9.17, 15) is 9.59 Å². The van der Waals surface area contributed by atoms with E-state index in [4.69, 9.17) is 5.26 Å². The summed E-state index contributed by atoms with van der Waals surface area (Å²) in [5, 5.41) is 8.68. The van der Waals surface area contributed by atoms with Crippen molar-refractivity contribution in [2.24, 2.45) is 5.41 Å². The van der Waals surface area contributed by atoms with Crippen LogP contribution in [0.4, 0.5) is 0 Å². The molecule has 0 atom stereocenters. The number of aromatic amines is 1. The lowest BCUT2D eigenvalue weighted by atomic mass is 9.92. The standard InChI is InChI=1S/C11H15N3O2/c1-11(2,3)4-5-14-7-8(6-12)9(15)13-10(14)16/h7H,4-5H2,1-3H3,(H,13,15,16). The highest BCUT2D eigenvalue weighted by Crippen LogP contribution is 2.18. The Balaban J connectivity index is 3.03. The first-order chi connectivity index (χ1) is 7.33. The molecule has 0 aliphatic heterocycles. The smallest absolute Gasteiger partial charge is 0.299 e. The Kier molecular flexibility index (Phi) is 3.33. The first-order valence-electron chi connectivity index (χ1n) is 5.07. The summed E-state index contributed by atoms with van der Waals surface area (Å²) in [7, 11) is 0. The van der Waals surface area contributed by atoms with Crippen molar-refractivity contribution >= 4 is 0 Å². The second kappa shape index (κ2) is 4.35. The second-order valence-electron chi connectivity index (χ2n) is 4.92. The van der Waals surface area contributed by atoms with Gasteiger partial charge >= 0.3 is 5.69 Å². The van der Waals surface area contributed by atoms with Gasteiger partial charge in [-0.15, -0.1) is 0 Å². The van der Waals surface area contributed by atoms with Gasteiger partial charge in [-0.2, -0.15) is 5.26 Å². The first-order valence-corrected chi connectivity index (χ1v) is 5.07. The predicted octanol–water partition coefficient (Wildman–Crippen LogP) is 0.844. The van der Waals surface area contributed by atoms with Gasteiger partial charge in [-0.1, -0.05) is 20.8 Å². The van der Waals surface area contributed by atoms with E-state index in [1.807, 2.05) is 0 Å². The van der Waals surface area contributed by atoms with E-state index in [-0.39, 0.29) is 11.0 Å². The number of hydrogen-bond donors (Lipinski definition) is 1. The van der Waals surface area contributed by atoms with Crippen LogP contribution in [0.25, 0.3) is 0 Å². The topological polar surface area (TPSA) is 78.7 Å². The van der Waals surface area contributed by atoms with Crippen molar-refractivity contribution < 1.29 is 0 Å². The Bertz CT molecular complexity index is 526. The van der Waals surface area contributed by atoms with Crippen LogP contribution in [0.5, 0.6) is 0 Å². The molecule has 16 heavy (non-hydrogen) atoms. The Hall–Kier alpha value is -1.83. The highest BCUT2D eigenvalue weighted by atomic mass is 16.2. The molecule has 1 aromatic heterocycles. The molecule has 1 heterocycles. The molecule has 0 aliphatic carbocycles. The zero-order valence-corrected chi connectivity index (χ0v) is 9.70. The Morgan fingerprint density at radius 2 is 2.06 bits per heavy atom. The highest BCUT2D eigenvalue weighted by Gasteiger charge is 2.11. The summed E-state index contributed by atoms with van der Waals surface area (Å²) in [6.45, 7) is 6.69. The van der Waals surface area contributed by atoms with E-state index in [0.717, 1.165) is 6.42 Å².